The van der Waals surface area contributed by atoms with E-state index in [9.17, 15) is 20.1 Å². The normalized spacial score (nSPS) is 16.3. The summed E-state index contributed by atoms with van der Waals surface area (Å²) in [5.41, 5.74) is 0. The second-order valence-electron chi connectivity index (χ2n) is 5.95. The number of rotatable bonds is 14. The number of hydrogen-bond acceptors (Lipinski definition) is 4. The molecule has 1 unspecified atom stereocenters. The summed E-state index contributed by atoms with van der Waals surface area (Å²) in [5, 5.41) is 37.6. The molecular weight excluding hydrogens is 320 g/mol. The van der Waals surface area contributed by atoms with E-state index in [-0.39, 0.29) is 12.8 Å². The van der Waals surface area contributed by atoms with E-state index in [1.807, 2.05) is 6.08 Å². The molecule has 0 aliphatic rings. The van der Waals surface area contributed by atoms with Crippen LogP contribution in [0.1, 0.15) is 51.9 Å². The largest absolute Gasteiger partial charge is 0.481 e. The number of carbonyl (C=O) groups is 1. The van der Waals surface area contributed by atoms with Crippen molar-refractivity contribution in [1.29, 1.82) is 0 Å². The summed E-state index contributed by atoms with van der Waals surface area (Å²) in [4.78, 5) is 10.4. The first-order chi connectivity index (χ1) is 12.0. The molecule has 0 saturated heterocycles. The van der Waals surface area contributed by atoms with Crippen molar-refractivity contribution in [1.82, 2.24) is 0 Å². The molecule has 0 spiro atoms. The third-order valence-corrected chi connectivity index (χ3v) is 3.59. The number of aliphatic carboxylic acids is 1. The van der Waals surface area contributed by atoms with E-state index < -0.39 is 24.3 Å². The topological polar surface area (TPSA) is 98.0 Å². The highest BCUT2D eigenvalue weighted by molar-refractivity contribution is 5.66. The summed E-state index contributed by atoms with van der Waals surface area (Å²) >= 11 is 0. The average molecular weight is 352 g/mol. The minimum Gasteiger partial charge on any atom is -0.481 e. The molecule has 0 aliphatic carbocycles. The Labute approximate surface area is 150 Å². The summed E-state index contributed by atoms with van der Waals surface area (Å²) in [6, 6.07) is 0. The Balaban J connectivity index is 3.97. The quantitative estimate of drug-likeness (QED) is 0.284. The van der Waals surface area contributed by atoms with Crippen molar-refractivity contribution >= 4 is 5.97 Å². The van der Waals surface area contributed by atoms with Crippen LogP contribution in [0.3, 0.4) is 0 Å². The van der Waals surface area contributed by atoms with Gasteiger partial charge in [0.2, 0.25) is 0 Å². The van der Waals surface area contributed by atoms with Gasteiger partial charge < -0.3 is 20.4 Å². The molecule has 0 aromatic heterocycles. The number of hydrogen-bond donors (Lipinski definition) is 4. The van der Waals surface area contributed by atoms with Crippen molar-refractivity contribution in [2.24, 2.45) is 0 Å². The maximum Gasteiger partial charge on any atom is 0.303 e. The van der Waals surface area contributed by atoms with Gasteiger partial charge in [-0.25, -0.2) is 0 Å². The molecule has 0 saturated carbocycles. The molecule has 0 fully saturated rings. The van der Waals surface area contributed by atoms with Gasteiger partial charge in [0.25, 0.3) is 0 Å². The van der Waals surface area contributed by atoms with Gasteiger partial charge in [0.05, 0.1) is 18.3 Å². The molecule has 0 aromatic rings. The predicted octanol–water partition coefficient (Wildman–Crippen LogP) is 3.13. The van der Waals surface area contributed by atoms with Crippen molar-refractivity contribution in [3.63, 3.8) is 0 Å². The Morgan fingerprint density at radius 1 is 0.840 bits per heavy atom. The molecule has 5 heteroatoms. The molecule has 0 aliphatic heterocycles. The molecule has 25 heavy (non-hydrogen) atoms. The number of allylic oxidation sites excluding steroid dienone is 6. The zero-order chi connectivity index (χ0) is 18.9. The lowest BCUT2D eigenvalue weighted by Crippen LogP contribution is -2.23. The molecule has 0 rings (SSSR count). The number of aliphatic hydroxyl groups excluding tert-OH is 3. The first-order valence-electron chi connectivity index (χ1n) is 8.91. The zero-order valence-corrected chi connectivity index (χ0v) is 15.0. The van der Waals surface area contributed by atoms with Crippen molar-refractivity contribution in [3.05, 3.63) is 48.6 Å². The number of carboxylic acid groups (broad SMARTS) is 1. The summed E-state index contributed by atoms with van der Waals surface area (Å²) in [6.45, 7) is 2.13. The summed E-state index contributed by atoms with van der Waals surface area (Å²) in [7, 11) is 0. The first kappa shape index (κ1) is 23.3. The predicted molar refractivity (Wildman–Crippen MR) is 100 cm³/mol. The maximum atomic E-state index is 10.4. The van der Waals surface area contributed by atoms with Gasteiger partial charge in [-0.2, -0.15) is 0 Å². The highest BCUT2D eigenvalue weighted by atomic mass is 16.4. The van der Waals surface area contributed by atoms with Gasteiger partial charge in [-0.3, -0.25) is 4.79 Å². The lowest BCUT2D eigenvalue weighted by molar-refractivity contribution is -0.137. The van der Waals surface area contributed by atoms with Crippen molar-refractivity contribution in [2.45, 2.75) is 70.2 Å². The van der Waals surface area contributed by atoms with Crippen LogP contribution in [0.15, 0.2) is 48.6 Å². The molecule has 3 atom stereocenters. The van der Waals surface area contributed by atoms with E-state index in [0.717, 1.165) is 25.7 Å². The maximum absolute atomic E-state index is 10.4. The van der Waals surface area contributed by atoms with Gasteiger partial charge in [-0.05, 0) is 19.3 Å². The monoisotopic (exact) mass is 352 g/mol. The third kappa shape index (κ3) is 15.6. The Hall–Kier alpha value is -1.69. The second kappa shape index (κ2) is 15.8. The van der Waals surface area contributed by atoms with Gasteiger partial charge in [0, 0.05) is 6.42 Å². The highest BCUT2D eigenvalue weighted by Crippen LogP contribution is 2.06. The van der Waals surface area contributed by atoms with Gasteiger partial charge >= 0.3 is 5.97 Å². The molecule has 0 radical (unpaired) electrons. The average Bonchev–Trinajstić information content (AvgIpc) is 2.56. The summed E-state index contributed by atoms with van der Waals surface area (Å²) in [5.74, 6) is -0.908. The van der Waals surface area contributed by atoms with E-state index in [2.05, 4.69) is 6.92 Å². The molecule has 142 valence electrons. The van der Waals surface area contributed by atoms with Gasteiger partial charge in [-0.15, -0.1) is 0 Å². The van der Waals surface area contributed by atoms with Crippen LogP contribution < -0.4 is 0 Å². The smallest absolute Gasteiger partial charge is 0.303 e. The van der Waals surface area contributed by atoms with E-state index >= 15 is 0 Å². The van der Waals surface area contributed by atoms with Gasteiger partial charge in [0.1, 0.15) is 0 Å². The van der Waals surface area contributed by atoms with Crippen LogP contribution in [-0.4, -0.2) is 44.7 Å². The Bertz CT molecular complexity index is 451. The fourth-order valence-electron chi connectivity index (χ4n) is 2.09. The van der Waals surface area contributed by atoms with Crippen LogP contribution in [0.2, 0.25) is 0 Å². The van der Waals surface area contributed by atoms with E-state index in [1.165, 1.54) is 6.08 Å². The van der Waals surface area contributed by atoms with E-state index in [4.69, 9.17) is 5.11 Å². The van der Waals surface area contributed by atoms with Crippen molar-refractivity contribution in [3.8, 4) is 0 Å². The minimum absolute atomic E-state index is 0.0149. The minimum atomic E-state index is -1.01. The SMILES string of the molecule is CCCCC[C@@H](O)C=CC=CC=CC=C[C@@H](O)C(O)CCCC(=O)O. The van der Waals surface area contributed by atoms with E-state index in [1.54, 1.807) is 36.5 Å². The Kier molecular flexibility index (Phi) is 14.7. The third-order valence-electron chi connectivity index (χ3n) is 3.59. The fraction of sp³-hybridized carbons (Fsp3) is 0.550. The molecule has 5 nitrogen and oxygen atoms in total. The number of aliphatic hydroxyl groups is 3. The molecule has 0 heterocycles. The lowest BCUT2D eigenvalue weighted by atomic mass is 10.1. The standard InChI is InChI=1S/C20H32O5/c1-2-3-8-12-17(21)13-9-6-4-5-7-10-14-18(22)19(23)15-11-16-20(24)25/h4-7,9-10,13-14,17-19,21-23H,2-3,8,11-12,15-16H2,1H3,(H,24,25)/t17-,18-,19?/m1/s1. The van der Waals surface area contributed by atoms with Crippen LogP contribution in [0.4, 0.5) is 0 Å². The molecule has 0 aromatic carbocycles. The summed E-state index contributed by atoms with van der Waals surface area (Å²) in [6.07, 6.45) is 16.0. The van der Waals surface area contributed by atoms with Crippen molar-refractivity contribution < 1.29 is 25.2 Å². The van der Waals surface area contributed by atoms with E-state index in [0.29, 0.717) is 6.42 Å². The fourth-order valence-corrected chi connectivity index (χ4v) is 2.09. The van der Waals surface area contributed by atoms with Gasteiger partial charge in [0.15, 0.2) is 0 Å². The number of carboxylic acids is 1. The molecular formula is C20H32O5. The first-order valence-corrected chi connectivity index (χ1v) is 8.91. The summed E-state index contributed by atoms with van der Waals surface area (Å²) < 4.78 is 0. The molecule has 0 bridgehead atoms. The van der Waals surface area contributed by atoms with Gasteiger partial charge in [-0.1, -0.05) is 74.8 Å². The van der Waals surface area contributed by atoms with Crippen LogP contribution in [0.5, 0.6) is 0 Å². The highest BCUT2D eigenvalue weighted by Gasteiger charge is 2.12. The van der Waals surface area contributed by atoms with Crippen LogP contribution >= 0.6 is 0 Å². The number of unbranched alkanes of at least 4 members (excludes halogenated alkanes) is 2. The second-order valence-corrected chi connectivity index (χ2v) is 5.95. The van der Waals surface area contributed by atoms with Crippen LogP contribution in [0.25, 0.3) is 0 Å². The molecule has 4 N–H and O–H groups in total. The molecule has 0 amide bonds. The van der Waals surface area contributed by atoms with Crippen LogP contribution in [0, 0.1) is 0 Å². The Morgan fingerprint density at radius 3 is 2.04 bits per heavy atom. The Morgan fingerprint density at radius 2 is 1.44 bits per heavy atom. The van der Waals surface area contributed by atoms with Crippen molar-refractivity contribution in [2.75, 3.05) is 0 Å². The lowest BCUT2D eigenvalue weighted by Gasteiger charge is -2.13. The zero-order valence-electron chi connectivity index (χ0n) is 15.0. The van der Waals surface area contributed by atoms with Crippen LogP contribution in [-0.2, 0) is 4.79 Å².